The van der Waals surface area contributed by atoms with Gasteiger partial charge in [-0.15, -0.1) is 0 Å². The van der Waals surface area contributed by atoms with Crippen LogP contribution in [0.15, 0.2) is 12.2 Å². The second kappa shape index (κ2) is 16.7. The van der Waals surface area contributed by atoms with Gasteiger partial charge in [0.1, 0.15) is 0 Å². The molecule has 0 heterocycles. The molecule has 0 saturated carbocycles. The van der Waals surface area contributed by atoms with E-state index in [0.717, 1.165) is 13.2 Å². The Bertz CT molecular complexity index is 163. The van der Waals surface area contributed by atoms with E-state index in [0.29, 0.717) is 0 Å². The van der Waals surface area contributed by atoms with Crippen LogP contribution in [0.4, 0.5) is 0 Å². The van der Waals surface area contributed by atoms with Crippen molar-refractivity contribution >= 4 is 0 Å². The molecule has 0 N–H and O–H groups in total. The number of unbranched alkanes of at least 4 members (excludes halogenated alkanes) is 9. The molecule has 0 fully saturated rings. The third-order valence-electron chi connectivity index (χ3n) is 3.25. The zero-order valence-corrected chi connectivity index (χ0v) is 12.8. The minimum atomic E-state index is 0.864. The van der Waals surface area contributed by atoms with Gasteiger partial charge in [-0.3, -0.25) is 0 Å². The van der Waals surface area contributed by atoms with Gasteiger partial charge in [0.25, 0.3) is 0 Å². The van der Waals surface area contributed by atoms with Gasteiger partial charge in [-0.1, -0.05) is 57.6 Å². The molecule has 108 valence electrons. The van der Waals surface area contributed by atoms with Gasteiger partial charge in [0.2, 0.25) is 0 Å². The van der Waals surface area contributed by atoms with Crippen LogP contribution in [0.5, 0.6) is 0 Å². The van der Waals surface area contributed by atoms with Gasteiger partial charge in [-0.2, -0.15) is 0 Å². The highest BCUT2D eigenvalue weighted by atomic mass is 16.5. The van der Waals surface area contributed by atoms with Crippen LogP contribution in [-0.2, 0) is 4.74 Å². The van der Waals surface area contributed by atoms with E-state index < -0.39 is 0 Å². The number of allylic oxidation sites excluding steroid dienone is 2. The van der Waals surface area contributed by atoms with Crippen molar-refractivity contribution in [2.45, 2.75) is 84.5 Å². The highest BCUT2D eigenvalue weighted by molar-refractivity contribution is 4.81. The first-order valence-corrected chi connectivity index (χ1v) is 8.14. The van der Waals surface area contributed by atoms with Crippen LogP contribution in [-0.4, -0.2) is 13.2 Å². The van der Waals surface area contributed by atoms with E-state index in [1.54, 1.807) is 0 Å². The summed E-state index contributed by atoms with van der Waals surface area (Å²) in [6, 6.07) is 0. The van der Waals surface area contributed by atoms with Crippen molar-refractivity contribution in [2.24, 2.45) is 0 Å². The average molecular weight is 254 g/mol. The molecule has 0 radical (unpaired) electrons. The Balaban J connectivity index is 2.99. The number of ether oxygens (including phenoxy) is 1. The lowest BCUT2D eigenvalue weighted by atomic mass is 10.1. The van der Waals surface area contributed by atoms with Gasteiger partial charge in [0.05, 0.1) is 0 Å². The van der Waals surface area contributed by atoms with E-state index in [2.05, 4.69) is 26.0 Å². The predicted octanol–water partition coefficient (Wildman–Crippen LogP) is 5.89. The van der Waals surface area contributed by atoms with E-state index in [4.69, 9.17) is 4.74 Å². The van der Waals surface area contributed by atoms with Crippen molar-refractivity contribution < 1.29 is 4.74 Å². The van der Waals surface area contributed by atoms with Gasteiger partial charge in [-0.05, 0) is 39.0 Å². The van der Waals surface area contributed by atoms with Gasteiger partial charge in [0, 0.05) is 13.2 Å². The summed E-state index contributed by atoms with van der Waals surface area (Å²) in [5.41, 5.74) is 0. The van der Waals surface area contributed by atoms with Gasteiger partial charge >= 0.3 is 0 Å². The van der Waals surface area contributed by atoms with Crippen LogP contribution in [0, 0.1) is 0 Å². The fourth-order valence-corrected chi connectivity index (χ4v) is 2.07. The van der Waals surface area contributed by atoms with Crippen LogP contribution in [0.25, 0.3) is 0 Å². The Morgan fingerprint density at radius 3 is 1.83 bits per heavy atom. The van der Waals surface area contributed by atoms with Gasteiger partial charge in [0.15, 0.2) is 0 Å². The molecule has 0 aliphatic carbocycles. The largest absolute Gasteiger partial charge is 0.382 e. The van der Waals surface area contributed by atoms with E-state index in [9.17, 15) is 0 Å². The summed E-state index contributed by atoms with van der Waals surface area (Å²) in [6.45, 7) is 6.15. The van der Waals surface area contributed by atoms with Gasteiger partial charge < -0.3 is 4.74 Å². The third-order valence-corrected chi connectivity index (χ3v) is 3.25. The summed E-state index contributed by atoms with van der Waals surface area (Å²) in [6.07, 6.45) is 19.5. The SMILES string of the molecule is CCCCCCC=CCCCCCCCOCC. The molecule has 0 aliphatic heterocycles. The van der Waals surface area contributed by atoms with Crippen LogP contribution < -0.4 is 0 Å². The van der Waals surface area contributed by atoms with Crippen molar-refractivity contribution in [1.29, 1.82) is 0 Å². The van der Waals surface area contributed by atoms with E-state index in [-0.39, 0.29) is 0 Å². The molecule has 1 nitrogen and oxygen atoms in total. The normalized spacial score (nSPS) is 11.4. The highest BCUT2D eigenvalue weighted by Gasteiger charge is 1.90. The van der Waals surface area contributed by atoms with Crippen LogP contribution >= 0.6 is 0 Å². The molecule has 0 saturated heterocycles. The van der Waals surface area contributed by atoms with Gasteiger partial charge in [-0.25, -0.2) is 0 Å². The summed E-state index contributed by atoms with van der Waals surface area (Å²) in [4.78, 5) is 0. The Morgan fingerprint density at radius 1 is 0.667 bits per heavy atom. The molecule has 0 bridgehead atoms. The maximum Gasteiger partial charge on any atom is 0.0465 e. The molecule has 0 spiro atoms. The minimum Gasteiger partial charge on any atom is -0.382 e. The van der Waals surface area contributed by atoms with Crippen LogP contribution in [0.2, 0.25) is 0 Å². The second-order valence-electron chi connectivity index (χ2n) is 5.07. The number of hydrogen-bond donors (Lipinski definition) is 0. The monoisotopic (exact) mass is 254 g/mol. The predicted molar refractivity (Wildman–Crippen MR) is 82.1 cm³/mol. The molecule has 0 aliphatic rings. The van der Waals surface area contributed by atoms with Crippen LogP contribution in [0.3, 0.4) is 0 Å². The summed E-state index contributed by atoms with van der Waals surface area (Å²) < 4.78 is 5.32. The standard InChI is InChI=1S/C17H34O/c1-3-5-6-7-8-9-10-11-12-13-14-15-16-17-18-4-2/h9-10H,3-8,11-17H2,1-2H3. The zero-order chi connectivity index (χ0) is 13.3. The molecule has 0 rings (SSSR count). The summed E-state index contributed by atoms with van der Waals surface area (Å²) >= 11 is 0. The van der Waals surface area contributed by atoms with Crippen LogP contribution in [0.1, 0.15) is 84.5 Å². The molecule has 0 unspecified atom stereocenters. The van der Waals surface area contributed by atoms with Crippen molar-refractivity contribution in [3.63, 3.8) is 0 Å². The lowest BCUT2D eigenvalue weighted by molar-refractivity contribution is 0.143. The Kier molecular flexibility index (Phi) is 16.4. The molecule has 0 aromatic carbocycles. The second-order valence-corrected chi connectivity index (χ2v) is 5.07. The molecule has 18 heavy (non-hydrogen) atoms. The summed E-state index contributed by atoms with van der Waals surface area (Å²) in [5.74, 6) is 0. The highest BCUT2D eigenvalue weighted by Crippen LogP contribution is 2.07. The maximum absolute atomic E-state index is 5.32. The topological polar surface area (TPSA) is 9.23 Å². The Hall–Kier alpha value is -0.300. The first-order chi connectivity index (χ1) is 8.91. The zero-order valence-electron chi connectivity index (χ0n) is 12.8. The van der Waals surface area contributed by atoms with E-state index in [1.165, 1.54) is 70.6 Å². The first-order valence-electron chi connectivity index (χ1n) is 8.14. The fraction of sp³-hybridized carbons (Fsp3) is 0.882. The minimum absolute atomic E-state index is 0.864. The van der Waals surface area contributed by atoms with E-state index >= 15 is 0 Å². The molecule has 0 aromatic heterocycles. The fourth-order valence-electron chi connectivity index (χ4n) is 2.07. The molecular formula is C17H34O. The Morgan fingerprint density at radius 2 is 1.22 bits per heavy atom. The van der Waals surface area contributed by atoms with Crippen molar-refractivity contribution in [2.75, 3.05) is 13.2 Å². The average Bonchev–Trinajstić information content (AvgIpc) is 2.39. The summed E-state index contributed by atoms with van der Waals surface area (Å²) in [7, 11) is 0. The lowest BCUT2D eigenvalue weighted by Gasteiger charge is -2.01. The molecule has 0 amide bonds. The number of rotatable bonds is 14. The van der Waals surface area contributed by atoms with Crippen molar-refractivity contribution in [1.82, 2.24) is 0 Å². The lowest BCUT2D eigenvalue weighted by Crippen LogP contribution is -1.92. The Labute approximate surface area is 115 Å². The molecule has 0 atom stereocenters. The summed E-state index contributed by atoms with van der Waals surface area (Å²) in [5, 5.41) is 0. The first kappa shape index (κ1) is 17.7. The smallest absolute Gasteiger partial charge is 0.0465 e. The number of hydrogen-bond acceptors (Lipinski definition) is 1. The van der Waals surface area contributed by atoms with Crippen molar-refractivity contribution in [3.05, 3.63) is 12.2 Å². The third kappa shape index (κ3) is 15.7. The van der Waals surface area contributed by atoms with Crippen molar-refractivity contribution in [3.8, 4) is 0 Å². The molecular weight excluding hydrogens is 220 g/mol. The van der Waals surface area contributed by atoms with E-state index in [1.807, 2.05) is 0 Å². The quantitative estimate of drug-likeness (QED) is 0.277. The molecule has 1 heteroatoms. The maximum atomic E-state index is 5.32. The molecule has 0 aromatic rings.